The number of benzene rings is 1. The van der Waals surface area contributed by atoms with Crippen molar-refractivity contribution in [3.05, 3.63) is 46.9 Å². The van der Waals surface area contributed by atoms with E-state index < -0.39 is 11.7 Å². The Morgan fingerprint density at radius 1 is 1.17 bits per heavy atom. The van der Waals surface area contributed by atoms with E-state index in [9.17, 15) is 13.2 Å². The normalized spacial score (nSPS) is 11.6. The first-order valence-electron chi connectivity index (χ1n) is 5.04. The second-order valence-corrected chi connectivity index (χ2v) is 4.07. The van der Waals surface area contributed by atoms with E-state index >= 15 is 0 Å². The molecule has 94 valence electrons. The van der Waals surface area contributed by atoms with E-state index in [0.717, 1.165) is 12.1 Å². The first kappa shape index (κ1) is 12.8. The molecule has 0 amide bonds. The van der Waals surface area contributed by atoms with E-state index in [1.165, 1.54) is 12.4 Å². The maximum Gasteiger partial charge on any atom is 0.416 e. The fourth-order valence-corrected chi connectivity index (χ4v) is 1.70. The second-order valence-electron chi connectivity index (χ2n) is 3.72. The molecule has 1 heterocycles. The van der Waals surface area contributed by atoms with Crippen LogP contribution in [0.5, 0.6) is 0 Å². The number of aromatic nitrogens is 2. The van der Waals surface area contributed by atoms with Crippen molar-refractivity contribution < 1.29 is 13.2 Å². The summed E-state index contributed by atoms with van der Waals surface area (Å²) in [5, 5.41) is 0.234. The topological polar surface area (TPSA) is 25.8 Å². The molecule has 0 saturated carbocycles. The molecule has 0 fully saturated rings. The highest BCUT2D eigenvalue weighted by Gasteiger charge is 2.30. The Labute approximate surface area is 106 Å². The molecule has 1 aromatic heterocycles. The van der Waals surface area contributed by atoms with Crippen LogP contribution in [0.2, 0.25) is 5.15 Å². The van der Waals surface area contributed by atoms with Crippen molar-refractivity contribution in [2.75, 3.05) is 0 Å². The Morgan fingerprint density at radius 2 is 1.89 bits per heavy atom. The van der Waals surface area contributed by atoms with Crippen LogP contribution in [-0.2, 0) is 6.18 Å². The summed E-state index contributed by atoms with van der Waals surface area (Å²) in [4.78, 5) is 7.74. The third-order valence-electron chi connectivity index (χ3n) is 2.49. The quantitative estimate of drug-likeness (QED) is 0.730. The number of halogens is 4. The fraction of sp³-hybridized carbons (Fsp3) is 0.167. The van der Waals surface area contributed by atoms with E-state index in [2.05, 4.69) is 9.97 Å². The molecule has 0 unspecified atom stereocenters. The molecule has 0 aliphatic carbocycles. The molecule has 0 bridgehead atoms. The van der Waals surface area contributed by atoms with Gasteiger partial charge in [-0.25, -0.2) is 9.97 Å². The third-order valence-corrected chi connectivity index (χ3v) is 2.87. The van der Waals surface area contributed by atoms with Crippen LogP contribution >= 0.6 is 11.6 Å². The van der Waals surface area contributed by atoms with Crippen LogP contribution in [0.3, 0.4) is 0 Å². The zero-order valence-electron chi connectivity index (χ0n) is 9.29. The molecule has 2 rings (SSSR count). The predicted octanol–water partition coefficient (Wildman–Crippen LogP) is 4.12. The molecular weight excluding hydrogens is 265 g/mol. The van der Waals surface area contributed by atoms with Gasteiger partial charge < -0.3 is 0 Å². The summed E-state index contributed by atoms with van der Waals surface area (Å²) in [5.41, 5.74) is 0.611. The van der Waals surface area contributed by atoms with Crippen LogP contribution in [0, 0.1) is 6.92 Å². The van der Waals surface area contributed by atoms with Gasteiger partial charge in [0.25, 0.3) is 0 Å². The minimum absolute atomic E-state index is 0.234. The minimum Gasteiger partial charge on any atom is -0.236 e. The first-order chi connectivity index (χ1) is 8.39. The highest BCUT2D eigenvalue weighted by Crippen LogP contribution is 2.32. The van der Waals surface area contributed by atoms with Crippen molar-refractivity contribution in [3.63, 3.8) is 0 Å². The van der Waals surface area contributed by atoms with Crippen molar-refractivity contribution in [2.45, 2.75) is 13.1 Å². The van der Waals surface area contributed by atoms with Crippen LogP contribution in [-0.4, -0.2) is 9.97 Å². The highest BCUT2D eigenvalue weighted by molar-refractivity contribution is 6.30. The summed E-state index contributed by atoms with van der Waals surface area (Å²) < 4.78 is 37.8. The smallest absolute Gasteiger partial charge is 0.236 e. The van der Waals surface area contributed by atoms with Gasteiger partial charge in [-0.05, 0) is 19.1 Å². The molecule has 0 spiro atoms. The van der Waals surface area contributed by atoms with Gasteiger partial charge in [-0.15, -0.1) is 0 Å². The van der Waals surface area contributed by atoms with Gasteiger partial charge >= 0.3 is 6.18 Å². The van der Waals surface area contributed by atoms with Crippen LogP contribution in [0.1, 0.15) is 11.1 Å². The molecule has 0 radical (unpaired) electrons. The van der Waals surface area contributed by atoms with E-state index in [4.69, 9.17) is 11.6 Å². The summed E-state index contributed by atoms with van der Waals surface area (Å²) in [6.45, 7) is 1.66. The Hall–Kier alpha value is -1.62. The Bertz CT molecular complexity index is 582. The van der Waals surface area contributed by atoms with Crippen molar-refractivity contribution in [3.8, 4) is 11.3 Å². The maximum atomic E-state index is 12.6. The van der Waals surface area contributed by atoms with Gasteiger partial charge in [0.2, 0.25) is 0 Å². The lowest BCUT2D eigenvalue weighted by molar-refractivity contribution is -0.137. The summed E-state index contributed by atoms with van der Waals surface area (Å²) in [6, 6.07) is 4.96. The van der Waals surface area contributed by atoms with Crippen molar-refractivity contribution >= 4 is 11.6 Å². The van der Waals surface area contributed by atoms with Crippen molar-refractivity contribution in [2.24, 2.45) is 0 Å². The van der Waals surface area contributed by atoms with Gasteiger partial charge in [0.15, 0.2) is 0 Å². The maximum absolute atomic E-state index is 12.6. The van der Waals surface area contributed by atoms with E-state index in [1.54, 1.807) is 13.0 Å². The molecular formula is C12H8ClF3N2. The van der Waals surface area contributed by atoms with Crippen LogP contribution in [0.25, 0.3) is 11.3 Å². The average Bonchev–Trinajstić information content (AvgIpc) is 2.32. The van der Waals surface area contributed by atoms with Gasteiger partial charge in [-0.3, -0.25) is 0 Å². The molecule has 18 heavy (non-hydrogen) atoms. The largest absolute Gasteiger partial charge is 0.416 e. The molecule has 0 saturated heterocycles. The van der Waals surface area contributed by atoms with Crippen LogP contribution in [0.4, 0.5) is 13.2 Å². The first-order valence-corrected chi connectivity index (χ1v) is 5.42. The summed E-state index contributed by atoms with van der Waals surface area (Å²) in [5.74, 6) is 0. The van der Waals surface area contributed by atoms with Gasteiger partial charge in [0.1, 0.15) is 11.5 Å². The van der Waals surface area contributed by atoms with E-state index in [0.29, 0.717) is 16.8 Å². The number of nitrogens with zero attached hydrogens (tertiary/aromatic N) is 2. The van der Waals surface area contributed by atoms with E-state index in [1.807, 2.05) is 0 Å². The zero-order chi connectivity index (χ0) is 13.3. The lowest BCUT2D eigenvalue weighted by Gasteiger charge is -2.10. The molecule has 0 aliphatic rings. The standard InChI is InChI=1S/C12H8ClF3N2/c1-7-10(17-6-18-11(7)13)8-3-2-4-9(5-8)12(14,15)16/h2-6H,1H3. The predicted molar refractivity (Wildman–Crippen MR) is 62.2 cm³/mol. The summed E-state index contributed by atoms with van der Waals surface area (Å²) in [6.07, 6.45) is -3.15. The van der Waals surface area contributed by atoms with Gasteiger partial charge in [0, 0.05) is 11.1 Å². The Kier molecular flexibility index (Phi) is 3.26. The Balaban J connectivity index is 2.55. The SMILES string of the molecule is Cc1c(Cl)ncnc1-c1cccc(C(F)(F)F)c1. The van der Waals surface area contributed by atoms with Crippen LogP contribution in [0.15, 0.2) is 30.6 Å². The third kappa shape index (κ3) is 2.46. The minimum atomic E-state index is -4.37. The van der Waals surface area contributed by atoms with Crippen molar-refractivity contribution in [1.29, 1.82) is 0 Å². The lowest BCUT2D eigenvalue weighted by Crippen LogP contribution is -2.04. The highest BCUT2D eigenvalue weighted by atomic mass is 35.5. The molecule has 2 aromatic rings. The number of alkyl halides is 3. The molecule has 6 heteroatoms. The summed E-state index contributed by atoms with van der Waals surface area (Å²) >= 11 is 5.82. The number of rotatable bonds is 1. The molecule has 0 atom stereocenters. The molecule has 1 aromatic carbocycles. The average molecular weight is 273 g/mol. The second kappa shape index (κ2) is 4.57. The van der Waals surface area contributed by atoms with Gasteiger partial charge in [-0.1, -0.05) is 23.7 Å². The monoisotopic (exact) mass is 272 g/mol. The molecule has 0 aliphatic heterocycles. The van der Waals surface area contributed by atoms with Gasteiger partial charge in [0.05, 0.1) is 11.3 Å². The zero-order valence-corrected chi connectivity index (χ0v) is 10.0. The number of hydrogen-bond acceptors (Lipinski definition) is 2. The Morgan fingerprint density at radius 3 is 2.56 bits per heavy atom. The lowest BCUT2D eigenvalue weighted by atomic mass is 10.0. The molecule has 0 N–H and O–H groups in total. The fourth-order valence-electron chi connectivity index (χ4n) is 1.56. The summed E-state index contributed by atoms with van der Waals surface area (Å²) in [7, 11) is 0. The number of hydrogen-bond donors (Lipinski definition) is 0. The van der Waals surface area contributed by atoms with Gasteiger partial charge in [-0.2, -0.15) is 13.2 Å². The molecule has 2 nitrogen and oxygen atoms in total. The van der Waals surface area contributed by atoms with E-state index in [-0.39, 0.29) is 5.15 Å². The van der Waals surface area contributed by atoms with Crippen LogP contribution < -0.4 is 0 Å². The van der Waals surface area contributed by atoms with Crippen molar-refractivity contribution in [1.82, 2.24) is 9.97 Å².